The van der Waals surface area contributed by atoms with Gasteiger partial charge >= 0.3 is 0 Å². The molecule has 86 valence electrons. The second kappa shape index (κ2) is 5.46. The molecule has 0 unspecified atom stereocenters. The second-order valence-corrected chi connectivity index (χ2v) is 3.76. The van der Waals surface area contributed by atoms with Crippen molar-refractivity contribution in [3.05, 3.63) is 53.3 Å². The monoisotopic (exact) mass is 246 g/mol. The fourth-order valence-electron chi connectivity index (χ4n) is 1.28. The third kappa shape index (κ3) is 3.29. The average molecular weight is 247 g/mol. The zero-order valence-corrected chi connectivity index (χ0v) is 10.1. The molecule has 0 aliphatic heterocycles. The van der Waals surface area contributed by atoms with Gasteiger partial charge in [-0.3, -0.25) is 4.99 Å². The van der Waals surface area contributed by atoms with E-state index < -0.39 is 0 Å². The molecule has 3 nitrogen and oxygen atoms in total. The van der Waals surface area contributed by atoms with E-state index in [1.54, 1.807) is 25.6 Å². The van der Waals surface area contributed by atoms with Gasteiger partial charge in [0.2, 0.25) is 0 Å². The Morgan fingerprint density at radius 3 is 2.53 bits per heavy atom. The lowest BCUT2D eigenvalue weighted by Gasteiger charge is -1.98. The molecule has 2 rings (SSSR count). The first kappa shape index (κ1) is 11.6. The maximum Gasteiger partial charge on any atom is 0.129 e. The van der Waals surface area contributed by atoms with Gasteiger partial charge in [-0.1, -0.05) is 11.6 Å². The molecule has 1 heterocycles. The molecular formula is C13H11ClN2O. The first-order chi connectivity index (χ1) is 8.28. The van der Waals surface area contributed by atoms with Crippen molar-refractivity contribution in [3.63, 3.8) is 0 Å². The Labute approximate surface area is 105 Å². The van der Waals surface area contributed by atoms with Crippen molar-refractivity contribution in [1.82, 2.24) is 4.98 Å². The van der Waals surface area contributed by atoms with Gasteiger partial charge in [0.05, 0.1) is 12.8 Å². The summed E-state index contributed by atoms with van der Waals surface area (Å²) in [6, 6.07) is 11.1. The standard InChI is InChI=1S/C13H11ClN2O/c1-17-12-5-3-11(4-6-12)15-8-10-2-7-13(14)16-9-10/h2-9H,1H3. The largest absolute Gasteiger partial charge is 0.497 e. The number of halogens is 1. The van der Waals surface area contributed by atoms with Crippen molar-refractivity contribution in [3.8, 4) is 5.75 Å². The van der Waals surface area contributed by atoms with E-state index in [-0.39, 0.29) is 0 Å². The van der Waals surface area contributed by atoms with Crippen LogP contribution in [-0.4, -0.2) is 18.3 Å². The van der Waals surface area contributed by atoms with Crippen LogP contribution in [0.15, 0.2) is 47.6 Å². The summed E-state index contributed by atoms with van der Waals surface area (Å²) < 4.78 is 5.07. The number of ether oxygens (including phenoxy) is 1. The van der Waals surface area contributed by atoms with Gasteiger partial charge in [0.15, 0.2) is 0 Å². The van der Waals surface area contributed by atoms with Crippen LogP contribution in [0.4, 0.5) is 5.69 Å². The minimum atomic E-state index is 0.478. The van der Waals surface area contributed by atoms with Crippen LogP contribution in [0, 0.1) is 0 Å². The van der Waals surface area contributed by atoms with Gasteiger partial charge < -0.3 is 4.74 Å². The summed E-state index contributed by atoms with van der Waals surface area (Å²) in [5.74, 6) is 0.817. The topological polar surface area (TPSA) is 34.5 Å². The van der Waals surface area contributed by atoms with E-state index >= 15 is 0 Å². The van der Waals surface area contributed by atoms with Crippen LogP contribution in [0.25, 0.3) is 0 Å². The minimum Gasteiger partial charge on any atom is -0.497 e. The van der Waals surface area contributed by atoms with Crippen LogP contribution in [0.1, 0.15) is 5.56 Å². The molecule has 0 fully saturated rings. The second-order valence-electron chi connectivity index (χ2n) is 3.37. The fraction of sp³-hybridized carbons (Fsp3) is 0.0769. The number of pyridine rings is 1. The molecule has 0 saturated carbocycles. The summed E-state index contributed by atoms with van der Waals surface area (Å²) in [5, 5.41) is 0.478. The van der Waals surface area contributed by atoms with Gasteiger partial charge in [0.25, 0.3) is 0 Å². The zero-order chi connectivity index (χ0) is 12.1. The molecule has 1 aromatic carbocycles. The molecule has 1 aromatic heterocycles. The Morgan fingerprint density at radius 2 is 1.94 bits per heavy atom. The van der Waals surface area contributed by atoms with Gasteiger partial charge in [-0.05, 0) is 36.4 Å². The number of aliphatic imine (C=N–C) groups is 1. The summed E-state index contributed by atoms with van der Waals surface area (Å²) in [6.45, 7) is 0. The molecule has 4 heteroatoms. The third-order valence-corrected chi connectivity index (χ3v) is 2.41. The summed E-state index contributed by atoms with van der Waals surface area (Å²) in [7, 11) is 1.64. The van der Waals surface area contributed by atoms with Crippen LogP contribution < -0.4 is 4.74 Å². The fourth-order valence-corrected chi connectivity index (χ4v) is 1.39. The van der Waals surface area contributed by atoms with Gasteiger partial charge in [-0.2, -0.15) is 0 Å². The molecule has 17 heavy (non-hydrogen) atoms. The minimum absolute atomic E-state index is 0.478. The molecule has 0 saturated heterocycles. The number of hydrogen-bond donors (Lipinski definition) is 0. The molecule has 0 aliphatic rings. The van der Waals surface area contributed by atoms with Crippen LogP contribution in [0.2, 0.25) is 5.15 Å². The van der Waals surface area contributed by atoms with Crippen LogP contribution in [-0.2, 0) is 0 Å². The Bertz CT molecular complexity index is 506. The molecular weight excluding hydrogens is 236 g/mol. The van der Waals surface area contributed by atoms with E-state index in [1.807, 2.05) is 30.3 Å². The van der Waals surface area contributed by atoms with E-state index in [4.69, 9.17) is 16.3 Å². The number of aromatic nitrogens is 1. The highest BCUT2D eigenvalue weighted by Gasteiger charge is 1.92. The molecule has 0 radical (unpaired) electrons. The molecule has 0 aliphatic carbocycles. The van der Waals surface area contributed by atoms with Crippen molar-refractivity contribution in [2.45, 2.75) is 0 Å². The summed E-state index contributed by atoms with van der Waals surface area (Å²) in [6.07, 6.45) is 3.42. The molecule has 0 amide bonds. The number of rotatable bonds is 3. The highest BCUT2D eigenvalue weighted by atomic mass is 35.5. The van der Waals surface area contributed by atoms with Gasteiger partial charge in [-0.15, -0.1) is 0 Å². The quantitative estimate of drug-likeness (QED) is 0.614. The predicted molar refractivity (Wildman–Crippen MR) is 69.5 cm³/mol. The van der Waals surface area contributed by atoms with E-state index in [0.717, 1.165) is 17.0 Å². The van der Waals surface area contributed by atoms with Gasteiger partial charge in [-0.25, -0.2) is 4.98 Å². The predicted octanol–water partition coefficient (Wildman–Crippen LogP) is 3.49. The SMILES string of the molecule is COc1ccc(N=Cc2ccc(Cl)nc2)cc1. The first-order valence-corrected chi connectivity index (χ1v) is 5.45. The van der Waals surface area contributed by atoms with Crippen LogP contribution >= 0.6 is 11.6 Å². The molecule has 0 atom stereocenters. The highest BCUT2D eigenvalue weighted by molar-refractivity contribution is 6.29. The van der Waals surface area contributed by atoms with E-state index in [1.165, 1.54) is 0 Å². The Hall–Kier alpha value is -1.87. The summed E-state index contributed by atoms with van der Waals surface area (Å²) >= 11 is 5.69. The smallest absolute Gasteiger partial charge is 0.129 e. The Kier molecular flexibility index (Phi) is 3.73. The van der Waals surface area contributed by atoms with Crippen molar-refractivity contribution >= 4 is 23.5 Å². The van der Waals surface area contributed by atoms with E-state index in [9.17, 15) is 0 Å². The molecule has 2 aromatic rings. The lowest BCUT2D eigenvalue weighted by Crippen LogP contribution is -1.83. The Morgan fingerprint density at radius 1 is 1.18 bits per heavy atom. The van der Waals surface area contributed by atoms with E-state index in [0.29, 0.717) is 5.15 Å². The molecule has 0 N–H and O–H groups in total. The summed E-state index contributed by atoms with van der Waals surface area (Å²) in [5.41, 5.74) is 1.77. The average Bonchev–Trinajstić information content (AvgIpc) is 2.39. The molecule has 0 bridgehead atoms. The van der Waals surface area contributed by atoms with Crippen molar-refractivity contribution in [2.24, 2.45) is 4.99 Å². The zero-order valence-electron chi connectivity index (χ0n) is 9.30. The first-order valence-electron chi connectivity index (χ1n) is 5.07. The maximum absolute atomic E-state index is 5.69. The van der Waals surface area contributed by atoms with Crippen molar-refractivity contribution in [1.29, 1.82) is 0 Å². The number of hydrogen-bond acceptors (Lipinski definition) is 3. The number of nitrogens with zero attached hydrogens (tertiary/aromatic N) is 2. The number of benzene rings is 1. The van der Waals surface area contributed by atoms with Crippen molar-refractivity contribution in [2.75, 3.05) is 7.11 Å². The van der Waals surface area contributed by atoms with Gasteiger partial charge in [0.1, 0.15) is 10.9 Å². The number of methoxy groups -OCH3 is 1. The molecule has 0 spiro atoms. The van der Waals surface area contributed by atoms with Crippen LogP contribution in [0.5, 0.6) is 5.75 Å². The third-order valence-electron chi connectivity index (χ3n) is 2.19. The maximum atomic E-state index is 5.69. The lowest BCUT2D eigenvalue weighted by molar-refractivity contribution is 0.415. The van der Waals surface area contributed by atoms with Crippen molar-refractivity contribution < 1.29 is 4.74 Å². The lowest BCUT2D eigenvalue weighted by atomic mass is 10.3. The summed E-state index contributed by atoms with van der Waals surface area (Å²) in [4.78, 5) is 8.29. The van der Waals surface area contributed by atoms with E-state index in [2.05, 4.69) is 9.98 Å². The highest BCUT2D eigenvalue weighted by Crippen LogP contribution is 2.17. The van der Waals surface area contributed by atoms with Gasteiger partial charge in [0, 0.05) is 18.0 Å². The normalized spacial score (nSPS) is 10.7. The van der Waals surface area contributed by atoms with Crippen LogP contribution in [0.3, 0.4) is 0 Å². The Balaban J connectivity index is 2.11.